The molecule has 1 rings (SSSR count). The summed E-state index contributed by atoms with van der Waals surface area (Å²) in [6.07, 6.45) is 4.47. The second kappa shape index (κ2) is 3.08. The Bertz CT molecular complexity index is 107. The predicted octanol–water partition coefficient (Wildman–Crippen LogP) is 3.51. The molecule has 0 bridgehead atoms. The second-order valence-electron chi connectivity index (χ2n) is 4.53. The Labute approximate surface area is 66.0 Å². The summed E-state index contributed by atoms with van der Waals surface area (Å²) in [5, 5.41) is 0. The van der Waals surface area contributed by atoms with E-state index in [9.17, 15) is 0 Å². The van der Waals surface area contributed by atoms with E-state index in [2.05, 4.69) is 20.0 Å². The van der Waals surface area contributed by atoms with E-state index in [1.165, 1.54) is 19.3 Å². The van der Waals surface area contributed by atoms with Crippen molar-refractivity contribution >= 4 is 8.07 Å². The molecule has 1 aliphatic rings. The summed E-state index contributed by atoms with van der Waals surface area (Å²) in [7, 11) is -0.675. The first-order valence-corrected chi connectivity index (χ1v) is 8.05. The highest BCUT2D eigenvalue weighted by atomic mass is 28.3. The van der Waals surface area contributed by atoms with Gasteiger partial charge in [-0.3, -0.25) is 0 Å². The van der Waals surface area contributed by atoms with Crippen LogP contribution in [0.4, 0.5) is 0 Å². The molecule has 0 aromatic carbocycles. The highest BCUT2D eigenvalue weighted by molar-refractivity contribution is 6.77. The fourth-order valence-corrected chi connectivity index (χ4v) is 5.62. The smallest absolute Gasteiger partial charge is 0.0476 e. The van der Waals surface area contributed by atoms with Gasteiger partial charge in [-0.1, -0.05) is 51.4 Å². The zero-order chi connectivity index (χ0) is 7.61. The minimum absolute atomic E-state index is 0.675. The number of hydrogen-bond donors (Lipinski definition) is 0. The molecule has 0 aromatic heterocycles. The third-order valence-electron chi connectivity index (χ3n) is 2.88. The maximum Gasteiger partial charge on any atom is 0.0476 e. The van der Waals surface area contributed by atoms with Gasteiger partial charge in [-0.2, -0.15) is 0 Å². The molecule has 1 unspecified atom stereocenters. The van der Waals surface area contributed by atoms with E-state index in [-0.39, 0.29) is 0 Å². The lowest BCUT2D eigenvalue weighted by Crippen LogP contribution is -2.31. The van der Waals surface area contributed by atoms with Gasteiger partial charge in [0.05, 0.1) is 0 Å². The van der Waals surface area contributed by atoms with E-state index >= 15 is 0 Å². The summed E-state index contributed by atoms with van der Waals surface area (Å²) in [6.45, 7) is 7.45. The third-order valence-corrected chi connectivity index (χ3v) is 6.27. The number of rotatable bonds is 1. The van der Waals surface area contributed by atoms with Crippen LogP contribution in [0.1, 0.15) is 26.2 Å². The van der Waals surface area contributed by atoms with Gasteiger partial charge in [0, 0.05) is 8.07 Å². The third kappa shape index (κ3) is 2.12. The van der Waals surface area contributed by atoms with Crippen LogP contribution in [0, 0.1) is 5.92 Å². The van der Waals surface area contributed by atoms with Crippen LogP contribution in [0.25, 0.3) is 0 Å². The molecule has 1 atom stereocenters. The van der Waals surface area contributed by atoms with Crippen molar-refractivity contribution in [3.05, 3.63) is 0 Å². The summed E-state index contributed by atoms with van der Waals surface area (Å²) >= 11 is 0. The van der Waals surface area contributed by atoms with Gasteiger partial charge in [0.2, 0.25) is 0 Å². The van der Waals surface area contributed by atoms with Crippen LogP contribution >= 0.6 is 0 Å². The van der Waals surface area contributed by atoms with Crippen molar-refractivity contribution in [3.63, 3.8) is 0 Å². The molecule has 1 saturated heterocycles. The van der Waals surface area contributed by atoms with Crippen LogP contribution in [0.2, 0.25) is 25.2 Å². The van der Waals surface area contributed by atoms with Crippen molar-refractivity contribution in [2.45, 2.75) is 51.4 Å². The minimum Gasteiger partial charge on any atom is -0.0693 e. The summed E-state index contributed by atoms with van der Waals surface area (Å²) in [5.41, 5.74) is 0. The van der Waals surface area contributed by atoms with Crippen LogP contribution in [0.15, 0.2) is 0 Å². The van der Waals surface area contributed by atoms with Crippen molar-refractivity contribution in [2.75, 3.05) is 0 Å². The topological polar surface area (TPSA) is 0 Å². The maximum absolute atomic E-state index is 2.55. The van der Waals surface area contributed by atoms with Crippen molar-refractivity contribution in [2.24, 2.45) is 5.92 Å². The summed E-state index contributed by atoms with van der Waals surface area (Å²) in [6, 6.07) is 3.19. The Kier molecular flexibility index (Phi) is 2.56. The van der Waals surface area contributed by atoms with Crippen LogP contribution < -0.4 is 0 Å². The lowest BCUT2D eigenvalue weighted by Gasteiger charge is -2.33. The Morgan fingerprint density at radius 2 is 2.10 bits per heavy atom. The first-order valence-electron chi connectivity index (χ1n) is 4.64. The predicted molar refractivity (Wildman–Crippen MR) is 50.1 cm³/mol. The van der Waals surface area contributed by atoms with Crippen molar-refractivity contribution in [1.82, 2.24) is 0 Å². The fraction of sp³-hybridized carbons (Fsp3) is 1.00. The molecule has 10 heavy (non-hydrogen) atoms. The molecular weight excluding hydrogens is 136 g/mol. The number of hydrogen-bond acceptors (Lipinski definition) is 0. The molecule has 0 nitrogen and oxygen atoms in total. The Hall–Kier alpha value is 0.217. The lowest BCUT2D eigenvalue weighted by molar-refractivity contribution is 0.479. The van der Waals surface area contributed by atoms with Crippen LogP contribution in [-0.4, -0.2) is 8.07 Å². The average Bonchev–Trinajstić information content (AvgIpc) is 1.86. The highest BCUT2D eigenvalue weighted by Gasteiger charge is 2.28. The van der Waals surface area contributed by atoms with Gasteiger partial charge >= 0.3 is 0 Å². The van der Waals surface area contributed by atoms with Crippen molar-refractivity contribution in [3.8, 4) is 0 Å². The Balaban J connectivity index is 2.40. The quantitative estimate of drug-likeness (QED) is 0.510. The van der Waals surface area contributed by atoms with E-state index in [4.69, 9.17) is 0 Å². The van der Waals surface area contributed by atoms with Gasteiger partial charge in [0.15, 0.2) is 0 Å². The normalized spacial score (nSPS) is 32.1. The molecule has 0 amide bonds. The largest absolute Gasteiger partial charge is 0.0693 e. The molecule has 1 heteroatoms. The first kappa shape index (κ1) is 8.31. The minimum atomic E-state index is -0.675. The van der Waals surface area contributed by atoms with E-state index in [1.807, 2.05) is 0 Å². The van der Waals surface area contributed by atoms with Crippen molar-refractivity contribution < 1.29 is 0 Å². The van der Waals surface area contributed by atoms with E-state index in [0.29, 0.717) is 0 Å². The molecule has 1 heterocycles. The molecule has 0 spiro atoms. The van der Waals surface area contributed by atoms with Gasteiger partial charge in [0.25, 0.3) is 0 Å². The SMILES string of the molecule is CCC1CCC[Si](C)(C)C1. The zero-order valence-corrected chi connectivity index (χ0v) is 8.61. The van der Waals surface area contributed by atoms with Crippen molar-refractivity contribution in [1.29, 1.82) is 0 Å². The summed E-state index contributed by atoms with van der Waals surface area (Å²) in [5.74, 6) is 1.09. The standard InChI is InChI=1S/C9H20Si/c1-4-9-6-5-7-10(2,3)8-9/h9H,4-8H2,1-3H3. The molecular formula is C9H20Si. The fourth-order valence-electron chi connectivity index (χ4n) is 2.20. The van der Waals surface area contributed by atoms with Crippen LogP contribution in [0.5, 0.6) is 0 Å². The average molecular weight is 156 g/mol. The molecule has 0 radical (unpaired) electrons. The molecule has 0 aliphatic carbocycles. The first-order chi connectivity index (χ1) is 4.64. The summed E-state index contributed by atoms with van der Waals surface area (Å²) in [4.78, 5) is 0. The maximum atomic E-state index is 2.55. The van der Waals surface area contributed by atoms with Crippen LogP contribution in [0.3, 0.4) is 0 Å². The monoisotopic (exact) mass is 156 g/mol. The second-order valence-corrected chi connectivity index (χ2v) is 9.77. The van der Waals surface area contributed by atoms with E-state index < -0.39 is 8.07 Å². The molecule has 60 valence electrons. The van der Waals surface area contributed by atoms with Gasteiger partial charge in [0.1, 0.15) is 0 Å². The molecule has 0 N–H and O–H groups in total. The molecule has 1 fully saturated rings. The van der Waals surface area contributed by atoms with E-state index in [1.54, 1.807) is 12.1 Å². The summed E-state index contributed by atoms with van der Waals surface area (Å²) < 4.78 is 0. The van der Waals surface area contributed by atoms with E-state index in [0.717, 1.165) is 5.92 Å². The Morgan fingerprint density at radius 3 is 2.50 bits per heavy atom. The van der Waals surface area contributed by atoms with Gasteiger partial charge in [-0.15, -0.1) is 0 Å². The zero-order valence-electron chi connectivity index (χ0n) is 7.61. The molecule has 0 saturated carbocycles. The van der Waals surface area contributed by atoms with Gasteiger partial charge < -0.3 is 0 Å². The van der Waals surface area contributed by atoms with Gasteiger partial charge in [-0.25, -0.2) is 0 Å². The molecule has 0 aromatic rings. The van der Waals surface area contributed by atoms with Crippen LogP contribution in [-0.2, 0) is 0 Å². The molecule has 1 aliphatic heterocycles. The lowest BCUT2D eigenvalue weighted by atomic mass is 10.0. The Morgan fingerprint density at radius 1 is 1.40 bits per heavy atom. The van der Waals surface area contributed by atoms with Gasteiger partial charge in [-0.05, 0) is 5.92 Å². The highest BCUT2D eigenvalue weighted by Crippen LogP contribution is 2.33.